The molecule has 0 spiro atoms. The monoisotopic (exact) mass is 407 g/mol. The van der Waals surface area contributed by atoms with Crippen molar-refractivity contribution < 1.29 is 0 Å². The average molecular weight is 409 g/mol. The molecule has 25 heavy (non-hydrogen) atoms. The molecule has 9 heteroatoms. The Hall–Kier alpha value is -2.04. The Morgan fingerprint density at radius 3 is 2.24 bits per heavy atom. The zero-order valence-electron chi connectivity index (χ0n) is 12.4. The first-order valence-corrected chi connectivity index (χ1v) is 8.81. The molecule has 124 valence electrons. The number of nitrogens with zero attached hydrogens (tertiary/aromatic N) is 4. The standard InChI is InChI=1S/C16H8Cl3N5S/c17-11-2-1-3-12(18)13(11)25-16-23-14(19)22-15(24-16)21-10-6-4-9(8-20)5-7-10/h1-7H,(H,21,22,23,24). The van der Waals surface area contributed by atoms with E-state index in [1.807, 2.05) is 0 Å². The first-order valence-electron chi connectivity index (χ1n) is 6.86. The van der Waals surface area contributed by atoms with Crippen molar-refractivity contribution in [1.82, 2.24) is 15.0 Å². The van der Waals surface area contributed by atoms with Crippen molar-refractivity contribution in [3.63, 3.8) is 0 Å². The second-order valence-electron chi connectivity index (χ2n) is 4.68. The van der Waals surface area contributed by atoms with Crippen LogP contribution in [-0.2, 0) is 0 Å². The van der Waals surface area contributed by atoms with Gasteiger partial charge in [0.2, 0.25) is 11.2 Å². The fourth-order valence-corrected chi connectivity index (χ4v) is 3.48. The van der Waals surface area contributed by atoms with Gasteiger partial charge < -0.3 is 5.32 Å². The van der Waals surface area contributed by atoms with E-state index in [2.05, 4.69) is 26.3 Å². The number of nitrogens with one attached hydrogen (secondary N) is 1. The Kier molecular flexibility index (Phi) is 5.61. The molecule has 0 aliphatic carbocycles. The van der Waals surface area contributed by atoms with Crippen LogP contribution in [0.4, 0.5) is 11.6 Å². The summed E-state index contributed by atoms with van der Waals surface area (Å²) in [6.45, 7) is 0. The molecule has 2 aromatic carbocycles. The number of halogens is 3. The van der Waals surface area contributed by atoms with Gasteiger partial charge in [-0.05, 0) is 59.8 Å². The van der Waals surface area contributed by atoms with Gasteiger partial charge in [-0.15, -0.1) is 0 Å². The van der Waals surface area contributed by atoms with Gasteiger partial charge in [-0.3, -0.25) is 0 Å². The highest BCUT2D eigenvalue weighted by molar-refractivity contribution is 7.99. The van der Waals surface area contributed by atoms with Crippen LogP contribution in [0.25, 0.3) is 0 Å². The summed E-state index contributed by atoms with van der Waals surface area (Å²) in [6.07, 6.45) is 0. The van der Waals surface area contributed by atoms with Crippen LogP contribution in [0.1, 0.15) is 5.56 Å². The summed E-state index contributed by atoms with van der Waals surface area (Å²) >= 11 is 19.5. The van der Waals surface area contributed by atoms with E-state index in [-0.39, 0.29) is 11.2 Å². The highest BCUT2D eigenvalue weighted by Gasteiger charge is 2.12. The number of nitriles is 1. The van der Waals surface area contributed by atoms with Crippen LogP contribution >= 0.6 is 46.6 Å². The van der Waals surface area contributed by atoms with E-state index in [0.717, 1.165) is 0 Å². The lowest BCUT2D eigenvalue weighted by atomic mass is 10.2. The Labute approximate surface area is 163 Å². The molecule has 3 rings (SSSR count). The SMILES string of the molecule is N#Cc1ccc(Nc2nc(Cl)nc(Sc3c(Cl)cccc3Cl)n2)cc1. The number of benzene rings is 2. The van der Waals surface area contributed by atoms with Gasteiger partial charge in [-0.25, -0.2) is 0 Å². The zero-order chi connectivity index (χ0) is 17.8. The number of aromatic nitrogens is 3. The Balaban J connectivity index is 1.86. The molecular weight excluding hydrogens is 401 g/mol. The van der Waals surface area contributed by atoms with Crippen molar-refractivity contribution in [2.24, 2.45) is 0 Å². The van der Waals surface area contributed by atoms with E-state index in [1.54, 1.807) is 42.5 Å². The minimum Gasteiger partial charge on any atom is -0.324 e. The van der Waals surface area contributed by atoms with Crippen molar-refractivity contribution >= 4 is 58.2 Å². The van der Waals surface area contributed by atoms with Gasteiger partial charge in [0.15, 0.2) is 5.16 Å². The molecule has 0 bridgehead atoms. The van der Waals surface area contributed by atoms with Gasteiger partial charge in [0.1, 0.15) is 0 Å². The van der Waals surface area contributed by atoms with Crippen LogP contribution in [0, 0.1) is 11.3 Å². The van der Waals surface area contributed by atoms with Crippen molar-refractivity contribution in [2.45, 2.75) is 10.1 Å². The molecule has 0 saturated carbocycles. The lowest BCUT2D eigenvalue weighted by Crippen LogP contribution is -2.00. The van der Waals surface area contributed by atoms with Crippen LogP contribution in [-0.4, -0.2) is 15.0 Å². The van der Waals surface area contributed by atoms with Gasteiger partial charge in [0.05, 0.1) is 26.6 Å². The highest BCUT2D eigenvalue weighted by Crippen LogP contribution is 2.37. The van der Waals surface area contributed by atoms with E-state index in [0.29, 0.717) is 31.3 Å². The predicted octanol–water partition coefficient (Wildman–Crippen LogP) is 5.60. The van der Waals surface area contributed by atoms with Crippen LogP contribution in [0.5, 0.6) is 0 Å². The maximum atomic E-state index is 8.83. The summed E-state index contributed by atoms with van der Waals surface area (Å²) in [5.74, 6) is 0.274. The molecule has 0 fully saturated rings. The van der Waals surface area contributed by atoms with Crippen molar-refractivity contribution in [1.29, 1.82) is 5.26 Å². The minimum absolute atomic E-state index is 0.0387. The molecule has 1 heterocycles. The second-order valence-corrected chi connectivity index (χ2v) is 6.81. The minimum atomic E-state index is 0.0387. The summed E-state index contributed by atoms with van der Waals surface area (Å²) in [7, 11) is 0. The third-order valence-electron chi connectivity index (χ3n) is 2.97. The maximum absolute atomic E-state index is 8.83. The van der Waals surface area contributed by atoms with E-state index in [4.69, 9.17) is 40.1 Å². The molecule has 0 aliphatic heterocycles. The Morgan fingerprint density at radius 1 is 0.920 bits per heavy atom. The molecule has 0 radical (unpaired) electrons. The highest BCUT2D eigenvalue weighted by atomic mass is 35.5. The number of hydrogen-bond donors (Lipinski definition) is 1. The summed E-state index contributed by atoms with van der Waals surface area (Å²) < 4.78 is 0. The second kappa shape index (κ2) is 7.89. The van der Waals surface area contributed by atoms with Gasteiger partial charge >= 0.3 is 0 Å². The molecule has 1 aromatic heterocycles. The lowest BCUT2D eigenvalue weighted by Gasteiger charge is -2.08. The van der Waals surface area contributed by atoms with E-state index in [1.165, 1.54) is 11.8 Å². The molecule has 0 amide bonds. The van der Waals surface area contributed by atoms with Crippen LogP contribution < -0.4 is 5.32 Å². The van der Waals surface area contributed by atoms with Gasteiger partial charge in [0.25, 0.3) is 0 Å². The molecule has 0 aliphatic rings. The Bertz CT molecular complexity index is 937. The zero-order valence-corrected chi connectivity index (χ0v) is 15.5. The van der Waals surface area contributed by atoms with Gasteiger partial charge in [-0.2, -0.15) is 20.2 Å². The third-order valence-corrected chi connectivity index (χ3v) is 5.00. The third kappa shape index (κ3) is 4.53. The van der Waals surface area contributed by atoms with Crippen molar-refractivity contribution in [3.8, 4) is 6.07 Å². The van der Waals surface area contributed by atoms with Gasteiger partial charge in [-0.1, -0.05) is 29.3 Å². The fourth-order valence-electron chi connectivity index (χ4n) is 1.86. The molecule has 3 aromatic rings. The first-order chi connectivity index (χ1) is 12.0. The smallest absolute Gasteiger partial charge is 0.232 e. The molecule has 0 unspecified atom stereocenters. The number of hydrogen-bond acceptors (Lipinski definition) is 6. The van der Waals surface area contributed by atoms with Gasteiger partial charge in [0, 0.05) is 5.69 Å². The van der Waals surface area contributed by atoms with E-state index >= 15 is 0 Å². The molecule has 5 nitrogen and oxygen atoms in total. The summed E-state index contributed by atoms with van der Waals surface area (Å²) in [4.78, 5) is 13.1. The summed E-state index contributed by atoms with van der Waals surface area (Å²) in [5, 5.41) is 13.2. The predicted molar refractivity (Wildman–Crippen MR) is 99.9 cm³/mol. The lowest BCUT2D eigenvalue weighted by molar-refractivity contribution is 0.912. The van der Waals surface area contributed by atoms with Crippen molar-refractivity contribution in [2.75, 3.05) is 5.32 Å². The molecular formula is C16H8Cl3N5S. The summed E-state index contributed by atoms with van der Waals surface area (Å²) in [5.41, 5.74) is 1.27. The maximum Gasteiger partial charge on any atom is 0.232 e. The van der Waals surface area contributed by atoms with Crippen LogP contribution in [0.15, 0.2) is 52.5 Å². The van der Waals surface area contributed by atoms with E-state index in [9.17, 15) is 0 Å². The molecule has 0 saturated heterocycles. The van der Waals surface area contributed by atoms with Crippen LogP contribution in [0.2, 0.25) is 15.3 Å². The summed E-state index contributed by atoms with van der Waals surface area (Å²) in [6, 6.07) is 14.1. The molecule has 1 N–H and O–H groups in total. The quantitative estimate of drug-likeness (QED) is 0.606. The Morgan fingerprint density at radius 2 is 1.60 bits per heavy atom. The number of anilines is 2. The van der Waals surface area contributed by atoms with Crippen molar-refractivity contribution in [3.05, 3.63) is 63.4 Å². The largest absolute Gasteiger partial charge is 0.324 e. The molecule has 0 atom stereocenters. The van der Waals surface area contributed by atoms with Crippen LogP contribution in [0.3, 0.4) is 0 Å². The number of rotatable bonds is 4. The first kappa shape index (κ1) is 17.8. The average Bonchev–Trinajstić information content (AvgIpc) is 2.58. The fraction of sp³-hybridized carbons (Fsp3) is 0. The normalized spacial score (nSPS) is 10.3. The van der Waals surface area contributed by atoms with E-state index < -0.39 is 0 Å². The topological polar surface area (TPSA) is 74.5 Å².